The van der Waals surface area contributed by atoms with Crippen molar-refractivity contribution in [3.05, 3.63) is 24.3 Å². The van der Waals surface area contributed by atoms with E-state index in [-0.39, 0.29) is 59.1 Å². The van der Waals surface area contributed by atoms with Crippen LogP contribution in [0.15, 0.2) is 29.2 Å². The maximum absolute atomic E-state index is 10.7. The number of hydrogen-bond donors (Lipinski definition) is 0. The standard InChI is InChI=1S/C6H6O4S.2Na/c7-5-3-1-2-4-6(5)11(8,9)10;;/h1-4,7H,(H,8,9,10);;/q;2*+1/p-2. The Bertz CT molecular complexity index is 363. The Morgan fingerprint density at radius 3 is 1.85 bits per heavy atom. The molecule has 60 valence electrons. The molecule has 0 aliphatic carbocycles. The largest absolute Gasteiger partial charge is 1.00 e. The fourth-order valence-electron chi connectivity index (χ4n) is 0.657. The predicted molar refractivity (Wildman–Crippen MR) is 33.9 cm³/mol. The summed E-state index contributed by atoms with van der Waals surface area (Å²) < 4.78 is 30.9. The SMILES string of the molecule is O=S(=O)([O-])c1ccccc1[O-].[Na+].[Na+]. The molecule has 0 saturated heterocycles. The minimum Gasteiger partial charge on any atom is -0.872 e. The number of para-hydroxylation sites is 1. The van der Waals surface area contributed by atoms with Crippen molar-refractivity contribution in [2.24, 2.45) is 0 Å². The number of rotatable bonds is 1. The number of hydrogen-bond acceptors (Lipinski definition) is 4. The quantitative estimate of drug-likeness (QED) is 0.347. The normalized spacial score (nSPS) is 9.62. The summed E-state index contributed by atoms with van der Waals surface area (Å²) in [4.78, 5) is -0.694. The first-order valence-electron chi connectivity index (χ1n) is 2.74. The van der Waals surface area contributed by atoms with E-state index in [0.29, 0.717) is 0 Å². The molecule has 0 amide bonds. The van der Waals surface area contributed by atoms with Crippen LogP contribution in [-0.2, 0) is 10.1 Å². The van der Waals surface area contributed by atoms with Gasteiger partial charge in [-0.25, -0.2) is 8.42 Å². The molecule has 0 N–H and O–H groups in total. The number of benzene rings is 1. The van der Waals surface area contributed by atoms with Crippen molar-refractivity contribution in [3.8, 4) is 5.75 Å². The van der Waals surface area contributed by atoms with Crippen molar-refractivity contribution in [2.75, 3.05) is 0 Å². The maximum Gasteiger partial charge on any atom is 1.00 e. The molecule has 1 aromatic rings. The van der Waals surface area contributed by atoms with Crippen LogP contribution >= 0.6 is 0 Å². The molecule has 7 heteroatoms. The molecule has 4 nitrogen and oxygen atoms in total. The van der Waals surface area contributed by atoms with Gasteiger partial charge in [-0.2, -0.15) is 0 Å². The third-order valence-corrected chi connectivity index (χ3v) is 1.99. The summed E-state index contributed by atoms with van der Waals surface area (Å²) in [5, 5.41) is 10.7. The molecule has 0 atom stereocenters. The Kier molecular flexibility index (Phi) is 8.08. The third kappa shape index (κ3) is 4.80. The van der Waals surface area contributed by atoms with Crippen LogP contribution in [0.3, 0.4) is 0 Å². The van der Waals surface area contributed by atoms with Gasteiger partial charge in [-0.3, -0.25) is 0 Å². The average molecular weight is 218 g/mol. The molecule has 0 spiro atoms. The van der Waals surface area contributed by atoms with Gasteiger partial charge < -0.3 is 9.66 Å². The van der Waals surface area contributed by atoms with Gasteiger partial charge in [0.2, 0.25) is 0 Å². The van der Waals surface area contributed by atoms with Crippen LogP contribution in [0.1, 0.15) is 0 Å². The summed E-state index contributed by atoms with van der Waals surface area (Å²) in [5.41, 5.74) is 0. The zero-order valence-corrected chi connectivity index (χ0v) is 12.2. The van der Waals surface area contributed by atoms with Crippen LogP contribution in [0.2, 0.25) is 0 Å². The van der Waals surface area contributed by atoms with Gasteiger partial charge in [0.1, 0.15) is 10.1 Å². The van der Waals surface area contributed by atoms with E-state index in [4.69, 9.17) is 0 Å². The smallest absolute Gasteiger partial charge is 0.872 e. The van der Waals surface area contributed by atoms with E-state index in [2.05, 4.69) is 0 Å². The molecule has 1 rings (SSSR count). The molecule has 1 aromatic carbocycles. The molecule has 0 aromatic heterocycles. The second-order valence-corrected chi connectivity index (χ2v) is 3.25. The summed E-state index contributed by atoms with van der Waals surface area (Å²) in [6, 6.07) is 4.72. The van der Waals surface area contributed by atoms with E-state index in [1.807, 2.05) is 0 Å². The summed E-state index contributed by atoms with van der Waals surface area (Å²) in [6.07, 6.45) is 0. The Hall–Kier alpha value is 0.930. The van der Waals surface area contributed by atoms with Crippen molar-refractivity contribution in [1.29, 1.82) is 0 Å². The van der Waals surface area contributed by atoms with Gasteiger partial charge in [0.15, 0.2) is 0 Å². The maximum atomic E-state index is 10.7. The van der Waals surface area contributed by atoms with E-state index >= 15 is 0 Å². The minimum atomic E-state index is -4.60. The Balaban J connectivity index is 0. The zero-order valence-electron chi connectivity index (χ0n) is 7.35. The molecule has 0 unspecified atom stereocenters. The van der Waals surface area contributed by atoms with Gasteiger partial charge in [-0.15, -0.1) is 0 Å². The van der Waals surface area contributed by atoms with Crippen LogP contribution in [0.25, 0.3) is 0 Å². The Morgan fingerprint density at radius 2 is 1.54 bits per heavy atom. The van der Waals surface area contributed by atoms with Crippen molar-refractivity contribution in [2.45, 2.75) is 4.90 Å². The van der Waals surface area contributed by atoms with Crippen LogP contribution < -0.4 is 64.2 Å². The van der Waals surface area contributed by atoms with E-state index in [0.717, 1.165) is 12.1 Å². The van der Waals surface area contributed by atoms with Crippen LogP contribution in [0.5, 0.6) is 5.75 Å². The van der Waals surface area contributed by atoms with Gasteiger partial charge in [-0.1, -0.05) is 23.9 Å². The molecule has 0 aliphatic heterocycles. The topological polar surface area (TPSA) is 80.3 Å². The summed E-state index contributed by atoms with van der Waals surface area (Å²) in [7, 11) is -4.60. The zero-order chi connectivity index (χ0) is 8.48. The van der Waals surface area contributed by atoms with Gasteiger partial charge in [0.25, 0.3) is 0 Å². The summed E-state index contributed by atoms with van der Waals surface area (Å²) in [5.74, 6) is -0.762. The second kappa shape index (κ2) is 6.42. The second-order valence-electron chi connectivity index (χ2n) is 1.90. The monoisotopic (exact) mass is 218 g/mol. The molecular weight excluding hydrogens is 214 g/mol. The van der Waals surface area contributed by atoms with E-state index in [9.17, 15) is 18.1 Å². The van der Waals surface area contributed by atoms with Crippen LogP contribution in [0.4, 0.5) is 0 Å². The fourth-order valence-corrected chi connectivity index (χ4v) is 1.22. The van der Waals surface area contributed by atoms with Crippen molar-refractivity contribution >= 4 is 10.1 Å². The molecule has 0 aliphatic rings. The fraction of sp³-hybridized carbons (Fsp3) is 0. The van der Waals surface area contributed by atoms with E-state index in [1.165, 1.54) is 12.1 Å². The molecule has 0 fully saturated rings. The Labute approximate surface area is 121 Å². The first kappa shape index (κ1) is 16.4. The van der Waals surface area contributed by atoms with Crippen molar-refractivity contribution in [3.63, 3.8) is 0 Å². The Morgan fingerprint density at radius 1 is 1.08 bits per heavy atom. The van der Waals surface area contributed by atoms with Crippen molar-refractivity contribution < 1.29 is 77.2 Å². The molecule has 13 heavy (non-hydrogen) atoms. The van der Waals surface area contributed by atoms with Gasteiger partial charge in [0, 0.05) is 4.90 Å². The van der Waals surface area contributed by atoms with Crippen molar-refractivity contribution in [1.82, 2.24) is 0 Å². The third-order valence-electron chi connectivity index (χ3n) is 1.12. The molecule has 0 saturated carbocycles. The molecule has 0 heterocycles. The van der Waals surface area contributed by atoms with Crippen LogP contribution in [0, 0.1) is 0 Å². The summed E-state index contributed by atoms with van der Waals surface area (Å²) >= 11 is 0. The van der Waals surface area contributed by atoms with Crippen LogP contribution in [-0.4, -0.2) is 13.0 Å². The predicted octanol–water partition coefficient (Wildman–Crippen LogP) is -6.33. The first-order valence-corrected chi connectivity index (χ1v) is 4.14. The molecule has 0 bridgehead atoms. The van der Waals surface area contributed by atoms with E-state index < -0.39 is 20.8 Å². The van der Waals surface area contributed by atoms with Gasteiger partial charge in [-0.05, 0) is 6.07 Å². The van der Waals surface area contributed by atoms with E-state index in [1.54, 1.807) is 0 Å². The summed E-state index contributed by atoms with van der Waals surface area (Å²) in [6.45, 7) is 0. The van der Waals surface area contributed by atoms with Gasteiger partial charge in [0.05, 0.1) is 0 Å². The minimum absolute atomic E-state index is 0. The molecule has 0 radical (unpaired) electrons. The van der Waals surface area contributed by atoms with Gasteiger partial charge >= 0.3 is 59.1 Å². The average Bonchev–Trinajstić information content (AvgIpc) is 1.86. The first-order chi connectivity index (χ1) is 5.02. The molecular formula is C6H4Na2O4S.